The maximum absolute atomic E-state index is 12.5. The molecule has 1 saturated heterocycles. The van der Waals surface area contributed by atoms with Gasteiger partial charge in [-0.05, 0) is 29.2 Å². The molecule has 4 rings (SSSR count). The lowest BCUT2D eigenvalue weighted by Crippen LogP contribution is -2.50. The molecule has 28 heavy (non-hydrogen) atoms. The molecule has 2 amide bonds. The first kappa shape index (κ1) is 18.1. The molecule has 1 N–H and O–H groups in total. The zero-order valence-electron chi connectivity index (χ0n) is 15.8. The summed E-state index contributed by atoms with van der Waals surface area (Å²) in [6, 6.07) is 7.81. The summed E-state index contributed by atoms with van der Waals surface area (Å²) in [5, 5.41) is 13.7. The summed E-state index contributed by atoms with van der Waals surface area (Å²) in [6.07, 6.45) is 2.70. The van der Waals surface area contributed by atoms with Crippen molar-refractivity contribution in [3.8, 4) is 6.01 Å². The average molecular weight is 386 g/mol. The SMILES string of the molecule is CN(C)c1ccc(NC(=O)N2CCC3(CC2)Cn2cc([N+](=O)[O-])nc2O3)cc1. The Morgan fingerprint density at radius 1 is 1.29 bits per heavy atom. The standard InChI is InChI=1S/C18H22N6O4/c1-21(2)14-5-3-13(4-6-14)19-16(25)22-9-7-18(8-10-22)12-23-11-15(24(26)27)20-17(23)28-18/h3-6,11H,7-10,12H2,1-2H3,(H,19,25). The number of nitrogens with zero attached hydrogens (tertiary/aromatic N) is 5. The monoisotopic (exact) mass is 386 g/mol. The van der Waals surface area contributed by atoms with Crippen LogP contribution < -0.4 is 15.0 Å². The minimum absolute atomic E-state index is 0.140. The van der Waals surface area contributed by atoms with Gasteiger partial charge in [0.2, 0.25) is 0 Å². The number of anilines is 2. The summed E-state index contributed by atoms with van der Waals surface area (Å²) < 4.78 is 7.61. The Hall–Kier alpha value is -3.30. The van der Waals surface area contributed by atoms with Crippen molar-refractivity contribution in [2.75, 3.05) is 37.4 Å². The van der Waals surface area contributed by atoms with E-state index in [2.05, 4.69) is 10.3 Å². The lowest BCUT2D eigenvalue weighted by molar-refractivity contribution is -0.389. The first-order chi connectivity index (χ1) is 13.3. The zero-order chi connectivity index (χ0) is 19.9. The molecular weight excluding hydrogens is 364 g/mol. The number of imidazole rings is 1. The van der Waals surface area contributed by atoms with Crippen molar-refractivity contribution in [2.24, 2.45) is 0 Å². The number of carbonyl (C=O) groups is 1. The zero-order valence-corrected chi connectivity index (χ0v) is 15.8. The van der Waals surface area contributed by atoms with Gasteiger partial charge >= 0.3 is 17.9 Å². The predicted molar refractivity (Wildman–Crippen MR) is 103 cm³/mol. The second-order valence-corrected chi connectivity index (χ2v) is 7.41. The van der Waals surface area contributed by atoms with Gasteiger partial charge < -0.3 is 30.0 Å². The number of urea groups is 1. The molecule has 0 atom stereocenters. The molecule has 10 nitrogen and oxygen atoms in total. The van der Waals surface area contributed by atoms with Crippen LogP contribution in [0.25, 0.3) is 0 Å². The Morgan fingerprint density at radius 3 is 2.54 bits per heavy atom. The van der Waals surface area contributed by atoms with Crippen molar-refractivity contribution in [1.29, 1.82) is 0 Å². The summed E-state index contributed by atoms with van der Waals surface area (Å²) in [5.74, 6) is -0.207. The Kier molecular flexibility index (Phi) is 4.33. The first-order valence-electron chi connectivity index (χ1n) is 9.09. The van der Waals surface area contributed by atoms with E-state index in [1.54, 1.807) is 9.47 Å². The van der Waals surface area contributed by atoms with Crippen molar-refractivity contribution >= 4 is 23.2 Å². The van der Waals surface area contributed by atoms with Gasteiger partial charge in [0, 0.05) is 56.4 Å². The molecule has 3 heterocycles. The Morgan fingerprint density at radius 2 is 1.96 bits per heavy atom. The van der Waals surface area contributed by atoms with Crippen LogP contribution in [0.3, 0.4) is 0 Å². The van der Waals surface area contributed by atoms with Crippen LogP contribution in [-0.4, -0.2) is 58.2 Å². The molecule has 2 aliphatic rings. The fraction of sp³-hybridized carbons (Fsp3) is 0.444. The number of aromatic nitrogens is 2. The van der Waals surface area contributed by atoms with Gasteiger partial charge in [-0.1, -0.05) is 0 Å². The van der Waals surface area contributed by atoms with Gasteiger partial charge in [-0.25, -0.2) is 4.79 Å². The predicted octanol–water partition coefficient (Wildman–Crippen LogP) is 2.32. The molecule has 10 heteroatoms. The number of nitro groups is 1. The molecule has 1 spiro atoms. The van der Waals surface area contributed by atoms with E-state index in [1.165, 1.54) is 6.20 Å². The lowest BCUT2D eigenvalue weighted by Gasteiger charge is -2.37. The molecule has 148 valence electrons. The van der Waals surface area contributed by atoms with Gasteiger partial charge in [-0.15, -0.1) is 0 Å². The summed E-state index contributed by atoms with van der Waals surface area (Å²) in [6.45, 7) is 1.62. The van der Waals surface area contributed by atoms with Crippen LogP contribution in [-0.2, 0) is 6.54 Å². The number of ether oxygens (including phenoxy) is 1. The van der Waals surface area contributed by atoms with Gasteiger partial charge in [-0.3, -0.25) is 4.57 Å². The highest BCUT2D eigenvalue weighted by Crippen LogP contribution is 2.37. The number of piperidine rings is 1. The minimum atomic E-state index is -0.528. The van der Waals surface area contributed by atoms with Crippen LogP contribution in [0.1, 0.15) is 12.8 Å². The second-order valence-electron chi connectivity index (χ2n) is 7.41. The van der Waals surface area contributed by atoms with E-state index >= 15 is 0 Å². The molecule has 0 unspecified atom stereocenters. The maximum atomic E-state index is 12.5. The number of fused-ring (bicyclic) bond motifs is 1. The molecule has 1 fully saturated rings. The van der Waals surface area contributed by atoms with E-state index in [4.69, 9.17) is 4.74 Å². The fourth-order valence-corrected chi connectivity index (χ4v) is 3.63. The number of benzene rings is 1. The Balaban J connectivity index is 1.33. The molecular formula is C18H22N6O4. The van der Waals surface area contributed by atoms with Crippen molar-refractivity contribution in [2.45, 2.75) is 25.0 Å². The molecule has 2 aliphatic heterocycles. The van der Waals surface area contributed by atoms with Gasteiger partial charge in [-0.2, -0.15) is 0 Å². The minimum Gasteiger partial charge on any atom is -0.437 e. The first-order valence-corrected chi connectivity index (χ1v) is 9.09. The van der Waals surface area contributed by atoms with Crippen molar-refractivity contribution in [1.82, 2.24) is 14.5 Å². The number of carbonyl (C=O) groups excluding carboxylic acids is 1. The van der Waals surface area contributed by atoms with E-state index in [1.807, 2.05) is 43.3 Å². The van der Waals surface area contributed by atoms with E-state index in [9.17, 15) is 14.9 Å². The maximum Gasteiger partial charge on any atom is 0.415 e. The van der Waals surface area contributed by atoms with Crippen LogP contribution in [0, 0.1) is 10.1 Å². The van der Waals surface area contributed by atoms with Crippen LogP contribution in [0.4, 0.5) is 22.0 Å². The van der Waals surface area contributed by atoms with Gasteiger partial charge in [0.05, 0.1) is 6.54 Å². The average Bonchev–Trinajstić information content (AvgIpc) is 3.19. The number of amides is 2. The Bertz CT molecular complexity index is 874. The van der Waals surface area contributed by atoms with Crippen LogP contribution >= 0.6 is 0 Å². The number of hydrogen-bond donors (Lipinski definition) is 1. The van der Waals surface area contributed by atoms with Crippen molar-refractivity contribution < 1.29 is 14.5 Å². The number of hydrogen-bond acceptors (Lipinski definition) is 6. The summed E-state index contributed by atoms with van der Waals surface area (Å²) in [4.78, 5) is 30.5. The normalized spacial score (nSPS) is 17.1. The number of rotatable bonds is 3. The largest absolute Gasteiger partial charge is 0.437 e. The summed E-state index contributed by atoms with van der Waals surface area (Å²) >= 11 is 0. The molecule has 1 aromatic carbocycles. The summed E-state index contributed by atoms with van der Waals surface area (Å²) in [5.41, 5.74) is 1.37. The van der Waals surface area contributed by atoms with Crippen molar-refractivity contribution in [3.05, 3.63) is 40.6 Å². The van der Waals surface area contributed by atoms with E-state index in [0.717, 1.165) is 11.4 Å². The third-order valence-electron chi connectivity index (χ3n) is 5.28. The molecule has 0 bridgehead atoms. The van der Waals surface area contributed by atoms with E-state index in [0.29, 0.717) is 32.5 Å². The van der Waals surface area contributed by atoms with Gasteiger partial charge in [0.15, 0.2) is 0 Å². The molecule has 1 aromatic heterocycles. The van der Waals surface area contributed by atoms with Crippen LogP contribution in [0.5, 0.6) is 6.01 Å². The molecule has 0 saturated carbocycles. The third-order valence-corrected chi connectivity index (χ3v) is 5.28. The highest BCUT2D eigenvalue weighted by molar-refractivity contribution is 5.89. The van der Waals surface area contributed by atoms with Gasteiger partial charge in [0.25, 0.3) is 0 Å². The molecule has 0 radical (unpaired) electrons. The Labute approximate surface area is 161 Å². The number of nitrogens with one attached hydrogen (secondary N) is 1. The summed E-state index contributed by atoms with van der Waals surface area (Å²) in [7, 11) is 3.93. The van der Waals surface area contributed by atoms with Crippen molar-refractivity contribution in [3.63, 3.8) is 0 Å². The van der Waals surface area contributed by atoms with E-state index in [-0.39, 0.29) is 17.9 Å². The second kappa shape index (κ2) is 6.70. The smallest absolute Gasteiger partial charge is 0.415 e. The number of likely N-dealkylation sites (tertiary alicyclic amines) is 1. The highest BCUT2D eigenvalue weighted by atomic mass is 16.6. The molecule has 2 aromatic rings. The third kappa shape index (κ3) is 3.32. The van der Waals surface area contributed by atoms with Gasteiger partial charge in [0.1, 0.15) is 11.8 Å². The quantitative estimate of drug-likeness (QED) is 0.641. The van der Waals surface area contributed by atoms with E-state index < -0.39 is 10.5 Å². The molecule has 0 aliphatic carbocycles. The highest BCUT2D eigenvalue weighted by Gasteiger charge is 2.46. The topological polar surface area (TPSA) is 106 Å². The fourth-order valence-electron chi connectivity index (χ4n) is 3.63. The van der Waals surface area contributed by atoms with Crippen LogP contribution in [0.2, 0.25) is 0 Å². The lowest BCUT2D eigenvalue weighted by atomic mass is 9.91. The van der Waals surface area contributed by atoms with Crippen LogP contribution in [0.15, 0.2) is 30.5 Å².